The van der Waals surface area contributed by atoms with Crippen LogP contribution in [0.25, 0.3) is 54.7 Å². The molecule has 0 atom stereocenters. The van der Waals surface area contributed by atoms with Gasteiger partial charge in [0.25, 0.3) is 0 Å². The molecule has 1 heterocycles. The molecule has 0 N–H and O–H groups in total. The predicted octanol–water partition coefficient (Wildman–Crippen LogP) is 7.32. The average molecular weight is 384 g/mol. The summed E-state index contributed by atoms with van der Waals surface area (Å²) >= 11 is 0. The summed E-state index contributed by atoms with van der Waals surface area (Å²) in [6, 6.07) is 28.5. The molecule has 0 aliphatic carbocycles. The van der Waals surface area contributed by atoms with Gasteiger partial charge in [-0.1, -0.05) is 77.9 Å². The molecule has 6 aromatic rings. The van der Waals surface area contributed by atoms with Gasteiger partial charge in [-0.15, -0.1) is 5.10 Å². The Kier molecular flexibility index (Phi) is 3.63. The average Bonchev–Trinajstić information content (AvgIpc) is 2.78. The van der Waals surface area contributed by atoms with E-state index < -0.39 is 0 Å². The number of nitrogens with zero attached hydrogens (tertiary/aromatic N) is 2. The largest absolute Gasteiger partial charge is 0.158 e. The van der Waals surface area contributed by atoms with Gasteiger partial charge in [0.1, 0.15) is 5.52 Å². The summed E-state index contributed by atoms with van der Waals surface area (Å²) in [7, 11) is 0. The van der Waals surface area contributed by atoms with Crippen molar-refractivity contribution in [1.29, 1.82) is 0 Å². The molecule has 0 unspecified atom stereocenters. The lowest BCUT2D eigenvalue weighted by atomic mass is 9.88. The monoisotopic (exact) mass is 384 g/mol. The van der Waals surface area contributed by atoms with Gasteiger partial charge in [-0.25, -0.2) is 0 Å². The highest BCUT2D eigenvalue weighted by atomic mass is 15.1. The minimum Gasteiger partial charge on any atom is -0.158 e. The third-order valence-corrected chi connectivity index (χ3v) is 6.10. The summed E-state index contributed by atoms with van der Waals surface area (Å²) in [5.41, 5.74) is 8.27. The number of hydrogen-bond donors (Lipinski definition) is 0. The molecule has 142 valence electrons. The van der Waals surface area contributed by atoms with Crippen molar-refractivity contribution < 1.29 is 0 Å². The fourth-order valence-electron chi connectivity index (χ4n) is 4.54. The molecule has 2 nitrogen and oxygen atoms in total. The summed E-state index contributed by atoms with van der Waals surface area (Å²) < 4.78 is 0. The quantitative estimate of drug-likeness (QED) is 0.292. The van der Waals surface area contributed by atoms with Crippen LogP contribution in [0.4, 0.5) is 0 Å². The van der Waals surface area contributed by atoms with E-state index in [1.54, 1.807) is 0 Å². The zero-order valence-corrected chi connectivity index (χ0v) is 17.0. The smallest absolute Gasteiger partial charge is 0.102 e. The highest BCUT2D eigenvalue weighted by Crippen LogP contribution is 2.42. The third-order valence-electron chi connectivity index (χ3n) is 6.10. The minimum absolute atomic E-state index is 0.968. The summed E-state index contributed by atoms with van der Waals surface area (Å²) in [4.78, 5) is 0. The highest BCUT2D eigenvalue weighted by Gasteiger charge is 2.17. The highest BCUT2D eigenvalue weighted by molar-refractivity contribution is 6.27. The summed E-state index contributed by atoms with van der Waals surface area (Å²) in [6.07, 6.45) is 1.89. The van der Waals surface area contributed by atoms with Gasteiger partial charge in [0, 0.05) is 16.3 Å². The SMILES string of the molecule is Cc1ccc(-c2cc3cnnc4c(-c5ccc(C)cc5)cc5cccc2c5c34)cc1. The van der Waals surface area contributed by atoms with E-state index in [1.165, 1.54) is 49.4 Å². The number of aromatic nitrogens is 2. The Hall–Kier alpha value is -3.78. The molecular weight excluding hydrogens is 364 g/mol. The van der Waals surface area contributed by atoms with Crippen molar-refractivity contribution in [3.8, 4) is 22.3 Å². The molecule has 30 heavy (non-hydrogen) atoms. The Morgan fingerprint density at radius 2 is 1.23 bits per heavy atom. The Morgan fingerprint density at radius 1 is 0.600 bits per heavy atom. The fraction of sp³-hybridized carbons (Fsp3) is 0.0714. The maximum Gasteiger partial charge on any atom is 0.102 e. The molecule has 0 radical (unpaired) electrons. The third kappa shape index (κ3) is 2.50. The first kappa shape index (κ1) is 17.1. The van der Waals surface area contributed by atoms with E-state index in [4.69, 9.17) is 0 Å². The van der Waals surface area contributed by atoms with E-state index in [0.29, 0.717) is 0 Å². The number of aryl methyl sites for hydroxylation is 2. The summed E-state index contributed by atoms with van der Waals surface area (Å²) in [5, 5.41) is 15.1. The van der Waals surface area contributed by atoms with E-state index in [-0.39, 0.29) is 0 Å². The zero-order chi connectivity index (χ0) is 20.2. The summed E-state index contributed by atoms with van der Waals surface area (Å²) in [6.45, 7) is 4.24. The van der Waals surface area contributed by atoms with E-state index in [2.05, 4.69) is 103 Å². The number of rotatable bonds is 2. The van der Waals surface area contributed by atoms with Crippen LogP contribution < -0.4 is 0 Å². The number of benzene rings is 5. The van der Waals surface area contributed by atoms with Crippen molar-refractivity contribution in [3.63, 3.8) is 0 Å². The van der Waals surface area contributed by atoms with Gasteiger partial charge >= 0.3 is 0 Å². The molecule has 0 saturated heterocycles. The van der Waals surface area contributed by atoms with Gasteiger partial charge in [0.2, 0.25) is 0 Å². The van der Waals surface area contributed by atoms with E-state index in [0.717, 1.165) is 16.5 Å². The maximum absolute atomic E-state index is 4.60. The Morgan fingerprint density at radius 3 is 1.93 bits per heavy atom. The van der Waals surface area contributed by atoms with Crippen LogP contribution in [-0.2, 0) is 0 Å². The van der Waals surface area contributed by atoms with Crippen LogP contribution in [0.2, 0.25) is 0 Å². The second-order valence-corrected chi connectivity index (χ2v) is 8.14. The molecule has 0 aliphatic rings. The Balaban J connectivity index is 1.75. The van der Waals surface area contributed by atoms with Crippen molar-refractivity contribution >= 4 is 32.4 Å². The molecule has 1 aromatic heterocycles. The van der Waals surface area contributed by atoms with Gasteiger partial charge in [-0.05, 0) is 58.8 Å². The van der Waals surface area contributed by atoms with Crippen LogP contribution in [0.5, 0.6) is 0 Å². The molecule has 6 rings (SSSR count). The van der Waals surface area contributed by atoms with Crippen molar-refractivity contribution in [2.75, 3.05) is 0 Å². The molecule has 0 fully saturated rings. The van der Waals surface area contributed by atoms with E-state index in [1.807, 2.05) is 6.20 Å². The molecule has 0 amide bonds. The lowest BCUT2D eigenvalue weighted by molar-refractivity contribution is 1.09. The normalized spacial score (nSPS) is 11.7. The molecule has 2 heteroatoms. The van der Waals surface area contributed by atoms with Crippen LogP contribution in [0.15, 0.2) is 85.1 Å². The lowest BCUT2D eigenvalue weighted by Gasteiger charge is -2.16. The number of hydrogen-bond acceptors (Lipinski definition) is 2. The van der Waals surface area contributed by atoms with E-state index in [9.17, 15) is 0 Å². The standard InChI is InChI=1S/C28H20N2/c1-17-6-10-19(11-7-17)24-15-22-16-29-30-28-25(20-12-8-18(2)9-13-20)14-21-4-3-5-23(24)26(21)27(22)28/h3-16H,1-2H3. The van der Waals surface area contributed by atoms with Crippen LogP contribution >= 0.6 is 0 Å². The fourth-order valence-corrected chi connectivity index (χ4v) is 4.54. The first-order valence-electron chi connectivity index (χ1n) is 10.3. The first-order valence-corrected chi connectivity index (χ1v) is 10.3. The second-order valence-electron chi connectivity index (χ2n) is 8.14. The van der Waals surface area contributed by atoms with Crippen LogP contribution in [-0.4, -0.2) is 10.2 Å². The molecular formula is C28H20N2. The zero-order valence-electron chi connectivity index (χ0n) is 17.0. The van der Waals surface area contributed by atoms with Crippen LogP contribution in [0, 0.1) is 13.8 Å². The predicted molar refractivity (Wildman–Crippen MR) is 126 cm³/mol. The minimum atomic E-state index is 0.968. The Bertz CT molecular complexity index is 1410. The maximum atomic E-state index is 4.60. The van der Waals surface area contributed by atoms with Gasteiger partial charge < -0.3 is 0 Å². The summed E-state index contributed by atoms with van der Waals surface area (Å²) in [5.74, 6) is 0. The molecule has 0 bridgehead atoms. The van der Waals surface area contributed by atoms with Gasteiger partial charge in [-0.3, -0.25) is 0 Å². The van der Waals surface area contributed by atoms with Crippen molar-refractivity contribution in [3.05, 3.63) is 96.2 Å². The topological polar surface area (TPSA) is 25.8 Å². The van der Waals surface area contributed by atoms with Gasteiger partial charge in [-0.2, -0.15) is 5.10 Å². The molecule has 0 saturated carbocycles. The van der Waals surface area contributed by atoms with Crippen molar-refractivity contribution in [2.45, 2.75) is 13.8 Å². The molecule has 0 spiro atoms. The van der Waals surface area contributed by atoms with Crippen LogP contribution in [0.3, 0.4) is 0 Å². The molecule has 0 aliphatic heterocycles. The molecule has 5 aromatic carbocycles. The van der Waals surface area contributed by atoms with Crippen LogP contribution in [0.1, 0.15) is 11.1 Å². The first-order chi connectivity index (χ1) is 14.7. The Labute approximate surface area is 175 Å². The van der Waals surface area contributed by atoms with Crippen molar-refractivity contribution in [2.24, 2.45) is 0 Å². The van der Waals surface area contributed by atoms with Crippen molar-refractivity contribution in [1.82, 2.24) is 10.2 Å². The van der Waals surface area contributed by atoms with Gasteiger partial charge in [0.05, 0.1) is 6.20 Å². The second kappa shape index (κ2) is 6.36. The van der Waals surface area contributed by atoms with Gasteiger partial charge in [0.15, 0.2) is 0 Å². The van der Waals surface area contributed by atoms with E-state index >= 15 is 0 Å². The lowest BCUT2D eigenvalue weighted by Crippen LogP contribution is -1.94.